The van der Waals surface area contributed by atoms with Gasteiger partial charge >= 0.3 is 6.18 Å². The summed E-state index contributed by atoms with van der Waals surface area (Å²) in [7, 11) is 0. The van der Waals surface area contributed by atoms with Gasteiger partial charge in [-0.3, -0.25) is 4.90 Å². The first-order valence-electron chi connectivity index (χ1n) is 7.59. The molecule has 0 radical (unpaired) electrons. The van der Waals surface area contributed by atoms with Gasteiger partial charge in [0.05, 0.1) is 13.2 Å². The molecule has 6 heteroatoms. The molecule has 0 aliphatic heterocycles. The summed E-state index contributed by atoms with van der Waals surface area (Å²) in [6.45, 7) is 2.23. The van der Waals surface area contributed by atoms with Crippen LogP contribution in [0, 0.1) is 5.92 Å². The number of hydrogen-bond acceptors (Lipinski definition) is 3. The van der Waals surface area contributed by atoms with Gasteiger partial charge in [0.2, 0.25) is 0 Å². The topological polar surface area (TPSA) is 35.5 Å². The van der Waals surface area contributed by atoms with E-state index >= 15 is 0 Å². The van der Waals surface area contributed by atoms with Crippen molar-refractivity contribution in [3.63, 3.8) is 0 Å². The summed E-state index contributed by atoms with van der Waals surface area (Å²) in [5.74, 6) is 0.242. The van der Waals surface area contributed by atoms with Gasteiger partial charge in [0.1, 0.15) is 0 Å². The third-order valence-corrected chi connectivity index (χ3v) is 3.94. The molecule has 1 fully saturated rings. The van der Waals surface area contributed by atoms with Crippen molar-refractivity contribution >= 4 is 0 Å². The minimum Gasteiger partial charge on any atom is -0.395 e. The third kappa shape index (κ3) is 6.90. The second-order valence-corrected chi connectivity index (χ2v) is 5.64. The zero-order chi connectivity index (χ0) is 15.0. The van der Waals surface area contributed by atoms with Crippen LogP contribution in [0.5, 0.6) is 0 Å². The number of nitrogens with zero attached hydrogens (tertiary/aromatic N) is 1. The van der Waals surface area contributed by atoms with Crippen molar-refractivity contribution < 1.29 is 18.3 Å². The van der Waals surface area contributed by atoms with Crippen LogP contribution in [0.15, 0.2) is 0 Å². The average molecular weight is 296 g/mol. The molecule has 120 valence electrons. The Morgan fingerprint density at radius 2 is 1.90 bits per heavy atom. The van der Waals surface area contributed by atoms with Gasteiger partial charge in [-0.2, -0.15) is 13.2 Å². The molecule has 1 saturated carbocycles. The lowest BCUT2D eigenvalue weighted by Crippen LogP contribution is -2.45. The maximum atomic E-state index is 12.6. The summed E-state index contributed by atoms with van der Waals surface area (Å²) in [6, 6.07) is 0.303. The van der Waals surface area contributed by atoms with Crippen LogP contribution in [0.25, 0.3) is 0 Å². The first-order chi connectivity index (χ1) is 9.46. The number of rotatable bonds is 7. The number of hydrogen-bond donors (Lipinski definition) is 2. The molecule has 0 aromatic rings. The Bertz CT molecular complexity index is 261. The molecule has 0 amide bonds. The largest absolute Gasteiger partial charge is 0.401 e. The Kier molecular flexibility index (Phi) is 7.84. The lowest BCUT2D eigenvalue weighted by Gasteiger charge is -2.32. The molecule has 0 heterocycles. The Morgan fingerprint density at radius 3 is 2.50 bits per heavy atom. The van der Waals surface area contributed by atoms with E-state index in [0.717, 1.165) is 38.6 Å². The molecule has 20 heavy (non-hydrogen) atoms. The number of nitrogens with one attached hydrogen (secondary N) is 1. The Morgan fingerprint density at radius 1 is 1.20 bits per heavy atom. The summed E-state index contributed by atoms with van der Waals surface area (Å²) in [5.41, 5.74) is 0. The average Bonchev–Trinajstić information content (AvgIpc) is 2.54. The minimum absolute atomic E-state index is 0.0921. The van der Waals surface area contributed by atoms with Crippen molar-refractivity contribution in [2.75, 3.05) is 32.8 Å². The molecule has 2 atom stereocenters. The summed E-state index contributed by atoms with van der Waals surface area (Å²) in [4.78, 5) is 1.35. The smallest absolute Gasteiger partial charge is 0.395 e. The summed E-state index contributed by atoms with van der Waals surface area (Å²) < 4.78 is 37.7. The second-order valence-electron chi connectivity index (χ2n) is 5.64. The summed E-state index contributed by atoms with van der Waals surface area (Å²) in [5, 5.41) is 12.4. The molecule has 0 saturated heterocycles. The van der Waals surface area contributed by atoms with E-state index in [4.69, 9.17) is 5.11 Å². The molecule has 0 aromatic carbocycles. The number of alkyl halides is 3. The quantitative estimate of drug-likeness (QED) is 0.708. The van der Waals surface area contributed by atoms with Gasteiger partial charge in [-0.15, -0.1) is 0 Å². The molecule has 2 unspecified atom stereocenters. The van der Waals surface area contributed by atoms with Crippen molar-refractivity contribution in [2.24, 2.45) is 5.92 Å². The van der Waals surface area contributed by atoms with Gasteiger partial charge in [-0.05, 0) is 25.3 Å². The zero-order valence-electron chi connectivity index (χ0n) is 12.3. The van der Waals surface area contributed by atoms with Crippen LogP contribution in [0.3, 0.4) is 0 Å². The third-order valence-electron chi connectivity index (χ3n) is 3.94. The number of aliphatic hydroxyl groups excluding tert-OH is 1. The Balaban J connectivity index is 2.61. The molecule has 2 N–H and O–H groups in total. The summed E-state index contributed by atoms with van der Waals surface area (Å²) in [6.07, 6.45) is 1.21. The lowest BCUT2D eigenvalue weighted by atomic mass is 9.94. The summed E-state index contributed by atoms with van der Waals surface area (Å²) >= 11 is 0. The fourth-order valence-electron chi connectivity index (χ4n) is 3.10. The normalized spacial score (nSPS) is 24.9. The standard InChI is InChI=1S/C14H27F3N2O/c1-2-18-13-7-5-3-4-6-12(13)10-19(8-9-20)11-14(15,16)17/h12-13,18,20H,2-11H2,1H3. The SMILES string of the molecule is CCNC1CCCCCC1CN(CCO)CC(F)(F)F. The lowest BCUT2D eigenvalue weighted by molar-refractivity contribution is -0.148. The van der Waals surface area contributed by atoms with Crippen molar-refractivity contribution in [2.45, 2.75) is 51.2 Å². The van der Waals surface area contributed by atoms with Crippen LogP contribution < -0.4 is 5.32 Å². The van der Waals surface area contributed by atoms with Crippen LogP contribution in [0.2, 0.25) is 0 Å². The van der Waals surface area contributed by atoms with Crippen molar-refractivity contribution in [1.29, 1.82) is 0 Å². The van der Waals surface area contributed by atoms with E-state index in [1.54, 1.807) is 0 Å². The van der Waals surface area contributed by atoms with E-state index in [-0.39, 0.29) is 19.1 Å². The molecule has 0 bridgehead atoms. The molecule has 1 aliphatic rings. The van der Waals surface area contributed by atoms with Crippen LogP contribution in [0.4, 0.5) is 13.2 Å². The molecule has 3 nitrogen and oxygen atoms in total. The van der Waals surface area contributed by atoms with Gasteiger partial charge in [-0.1, -0.05) is 26.2 Å². The van der Waals surface area contributed by atoms with Crippen molar-refractivity contribution in [1.82, 2.24) is 10.2 Å². The zero-order valence-corrected chi connectivity index (χ0v) is 12.3. The Hall–Kier alpha value is -0.330. The molecule has 0 spiro atoms. The minimum atomic E-state index is -4.20. The monoisotopic (exact) mass is 296 g/mol. The van der Waals surface area contributed by atoms with E-state index in [1.807, 2.05) is 6.92 Å². The van der Waals surface area contributed by atoms with Gasteiger partial charge in [0.25, 0.3) is 0 Å². The Labute approximate surface area is 119 Å². The first kappa shape index (κ1) is 17.7. The number of aliphatic hydroxyl groups is 1. The highest BCUT2D eigenvalue weighted by Gasteiger charge is 2.33. The van der Waals surface area contributed by atoms with Gasteiger partial charge in [0.15, 0.2) is 0 Å². The molecule has 1 aliphatic carbocycles. The predicted molar refractivity (Wildman–Crippen MR) is 73.6 cm³/mol. The second kappa shape index (κ2) is 8.85. The van der Waals surface area contributed by atoms with Crippen molar-refractivity contribution in [3.05, 3.63) is 0 Å². The van der Waals surface area contributed by atoms with Crippen molar-refractivity contribution in [3.8, 4) is 0 Å². The van der Waals surface area contributed by atoms with Gasteiger partial charge in [-0.25, -0.2) is 0 Å². The van der Waals surface area contributed by atoms with E-state index in [2.05, 4.69) is 5.32 Å². The van der Waals surface area contributed by atoms with E-state index < -0.39 is 12.7 Å². The predicted octanol–water partition coefficient (Wildman–Crippen LogP) is 2.40. The highest BCUT2D eigenvalue weighted by Crippen LogP contribution is 2.26. The van der Waals surface area contributed by atoms with E-state index in [0.29, 0.717) is 12.6 Å². The fourth-order valence-corrected chi connectivity index (χ4v) is 3.10. The van der Waals surface area contributed by atoms with Gasteiger partial charge < -0.3 is 10.4 Å². The number of halogens is 3. The van der Waals surface area contributed by atoms with Crippen LogP contribution in [-0.2, 0) is 0 Å². The maximum Gasteiger partial charge on any atom is 0.401 e. The highest BCUT2D eigenvalue weighted by molar-refractivity contribution is 4.82. The van der Waals surface area contributed by atoms with Crippen LogP contribution >= 0.6 is 0 Å². The van der Waals surface area contributed by atoms with Crippen LogP contribution in [0.1, 0.15) is 39.0 Å². The molecule has 1 rings (SSSR count). The van der Waals surface area contributed by atoms with Crippen LogP contribution in [-0.4, -0.2) is 55.0 Å². The molecular weight excluding hydrogens is 269 g/mol. The van der Waals surface area contributed by atoms with E-state index in [9.17, 15) is 13.2 Å². The highest BCUT2D eigenvalue weighted by atomic mass is 19.4. The molecule has 0 aromatic heterocycles. The first-order valence-corrected chi connectivity index (χ1v) is 7.59. The van der Waals surface area contributed by atoms with E-state index in [1.165, 1.54) is 4.90 Å². The van der Waals surface area contributed by atoms with Gasteiger partial charge in [0, 0.05) is 19.1 Å². The molecular formula is C14H27F3N2O. The maximum absolute atomic E-state index is 12.6. The fraction of sp³-hybridized carbons (Fsp3) is 1.00.